The zero-order valence-corrected chi connectivity index (χ0v) is 15.4. The summed E-state index contributed by atoms with van der Waals surface area (Å²) in [6, 6.07) is 7.93. The molecule has 1 fully saturated rings. The first-order valence-corrected chi connectivity index (χ1v) is 9.51. The van der Waals surface area contributed by atoms with Crippen molar-refractivity contribution in [3.8, 4) is 0 Å². The van der Waals surface area contributed by atoms with E-state index in [4.69, 9.17) is 0 Å². The van der Waals surface area contributed by atoms with Crippen molar-refractivity contribution >= 4 is 17.4 Å². The van der Waals surface area contributed by atoms with Crippen LogP contribution in [0, 0.1) is 12.8 Å². The Labute approximate surface area is 157 Å². The van der Waals surface area contributed by atoms with Gasteiger partial charge in [0, 0.05) is 31.7 Å². The van der Waals surface area contributed by atoms with Gasteiger partial charge in [-0.05, 0) is 49.9 Å². The minimum Gasteiger partial charge on any atom is -0.354 e. The fourth-order valence-electron chi connectivity index (χ4n) is 4.07. The average Bonchev–Trinajstić information content (AvgIpc) is 3.22. The van der Waals surface area contributed by atoms with Crippen LogP contribution in [-0.4, -0.2) is 45.1 Å². The summed E-state index contributed by atoms with van der Waals surface area (Å²) in [4.78, 5) is 19.3. The van der Waals surface area contributed by atoms with Crippen molar-refractivity contribution in [2.75, 3.05) is 24.5 Å². The molecule has 0 spiro atoms. The van der Waals surface area contributed by atoms with Crippen LogP contribution in [0.3, 0.4) is 0 Å². The fourth-order valence-corrected chi connectivity index (χ4v) is 4.07. The van der Waals surface area contributed by atoms with Crippen molar-refractivity contribution in [2.24, 2.45) is 5.92 Å². The van der Waals surface area contributed by atoms with Gasteiger partial charge in [0.05, 0.1) is 11.4 Å². The molecule has 7 nitrogen and oxygen atoms in total. The molecule has 0 atom stereocenters. The van der Waals surface area contributed by atoms with Gasteiger partial charge < -0.3 is 10.2 Å². The maximum Gasteiger partial charge on any atom is 0.270 e. The summed E-state index contributed by atoms with van der Waals surface area (Å²) in [5, 5.41) is 11.8. The molecular formula is C20H22N6O. The van der Waals surface area contributed by atoms with E-state index in [1.165, 1.54) is 12.0 Å². The van der Waals surface area contributed by atoms with Crippen molar-refractivity contribution in [3.63, 3.8) is 0 Å². The largest absolute Gasteiger partial charge is 0.354 e. The number of carbonyl (C=O) groups excluding carboxylic acids is 1. The van der Waals surface area contributed by atoms with Crippen molar-refractivity contribution in [1.29, 1.82) is 0 Å². The summed E-state index contributed by atoms with van der Waals surface area (Å²) < 4.78 is 1.85. The van der Waals surface area contributed by atoms with E-state index in [1.807, 2.05) is 35.7 Å². The third-order valence-electron chi connectivity index (χ3n) is 5.56. The molecule has 1 aliphatic heterocycles. The minimum absolute atomic E-state index is 0.0676. The lowest BCUT2D eigenvalue weighted by molar-refractivity contribution is 0.0938. The van der Waals surface area contributed by atoms with Gasteiger partial charge in [0.2, 0.25) is 0 Å². The van der Waals surface area contributed by atoms with E-state index < -0.39 is 0 Å². The molecule has 1 saturated heterocycles. The van der Waals surface area contributed by atoms with Crippen molar-refractivity contribution in [3.05, 3.63) is 53.1 Å². The topological polar surface area (TPSA) is 75.4 Å². The molecule has 0 aromatic carbocycles. The van der Waals surface area contributed by atoms with Crippen LogP contribution in [0.15, 0.2) is 30.5 Å². The highest BCUT2D eigenvalue weighted by Crippen LogP contribution is 2.27. The molecule has 0 radical (unpaired) electrons. The number of amides is 1. The number of hydrogen-bond acceptors (Lipinski definition) is 5. The van der Waals surface area contributed by atoms with E-state index in [-0.39, 0.29) is 5.91 Å². The van der Waals surface area contributed by atoms with Gasteiger partial charge in [-0.15, -0.1) is 5.10 Å². The molecule has 3 aromatic rings. The first-order valence-electron chi connectivity index (χ1n) is 9.51. The van der Waals surface area contributed by atoms with E-state index in [1.54, 1.807) is 0 Å². The first kappa shape index (κ1) is 16.2. The van der Waals surface area contributed by atoms with Gasteiger partial charge in [0.15, 0.2) is 5.82 Å². The van der Waals surface area contributed by atoms with Gasteiger partial charge in [-0.1, -0.05) is 6.07 Å². The lowest BCUT2D eigenvalue weighted by Crippen LogP contribution is -2.52. The maximum atomic E-state index is 12.7. The number of fused-ring (bicyclic) bond motifs is 2. The Kier molecular flexibility index (Phi) is 3.81. The number of hydrogen-bond donors (Lipinski definition) is 1. The summed E-state index contributed by atoms with van der Waals surface area (Å²) >= 11 is 0. The second kappa shape index (κ2) is 6.33. The number of aromatic nitrogens is 4. The summed E-state index contributed by atoms with van der Waals surface area (Å²) in [5.74, 6) is 1.33. The average molecular weight is 362 g/mol. The number of nitrogens with zero attached hydrogens (tertiary/aromatic N) is 5. The third-order valence-corrected chi connectivity index (χ3v) is 5.56. The molecule has 1 N–H and O–H groups in total. The highest BCUT2D eigenvalue weighted by atomic mass is 16.1. The molecule has 0 bridgehead atoms. The number of aryl methyl sites for hydroxylation is 3. The van der Waals surface area contributed by atoms with Gasteiger partial charge in [-0.2, -0.15) is 5.10 Å². The van der Waals surface area contributed by atoms with E-state index in [9.17, 15) is 4.79 Å². The molecule has 2 aliphatic rings. The number of rotatable bonds is 4. The molecular weight excluding hydrogens is 340 g/mol. The van der Waals surface area contributed by atoms with E-state index in [0.29, 0.717) is 18.2 Å². The fraction of sp³-hybridized carbons (Fsp3) is 0.400. The van der Waals surface area contributed by atoms with Crippen LogP contribution in [0.1, 0.15) is 33.9 Å². The maximum absolute atomic E-state index is 12.7. The molecule has 0 unspecified atom stereocenters. The molecule has 1 amide bonds. The molecule has 27 heavy (non-hydrogen) atoms. The van der Waals surface area contributed by atoms with Gasteiger partial charge in [-0.3, -0.25) is 9.20 Å². The lowest BCUT2D eigenvalue weighted by atomic mass is 10.00. The zero-order valence-electron chi connectivity index (χ0n) is 15.4. The van der Waals surface area contributed by atoms with Gasteiger partial charge in [-0.25, -0.2) is 4.98 Å². The number of imidazole rings is 1. The monoisotopic (exact) mass is 362 g/mol. The van der Waals surface area contributed by atoms with Gasteiger partial charge >= 0.3 is 0 Å². The van der Waals surface area contributed by atoms with Crippen LogP contribution in [0.2, 0.25) is 0 Å². The Morgan fingerprint density at radius 3 is 3.04 bits per heavy atom. The summed E-state index contributed by atoms with van der Waals surface area (Å²) in [6.45, 7) is 4.34. The molecule has 138 valence electrons. The Bertz CT molecular complexity index is 1020. The zero-order chi connectivity index (χ0) is 18.4. The van der Waals surface area contributed by atoms with Crippen LogP contribution < -0.4 is 10.2 Å². The van der Waals surface area contributed by atoms with Crippen LogP contribution in [0.25, 0.3) is 5.65 Å². The molecule has 3 aromatic heterocycles. The highest BCUT2D eigenvalue weighted by Gasteiger charge is 2.29. The Hall–Kier alpha value is -2.96. The third kappa shape index (κ3) is 2.83. The lowest BCUT2D eigenvalue weighted by Gasteiger charge is -2.40. The smallest absolute Gasteiger partial charge is 0.270 e. The van der Waals surface area contributed by atoms with E-state index in [0.717, 1.165) is 48.8 Å². The second-order valence-electron chi connectivity index (χ2n) is 7.48. The SMILES string of the molecule is Cc1nc2ccccn2c1C(=O)NCC1CN(c2cc3c(nn2)CCC3)C1. The van der Waals surface area contributed by atoms with Crippen LogP contribution in [0.5, 0.6) is 0 Å². The predicted molar refractivity (Wildman–Crippen MR) is 102 cm³/mol. The molecule has 1 aliphatic carbocycles. The standard InChI is InChI=1S/C20H22N6O/c1-13-19(26-8-3-2-7-17(26)22-13)20(27)21-10-14-11-25(12-14)18-9-15-5-4-6-16(15)23-24-18/h2-3,7-9,14H,4-6,10-12H2,1H3,(H,21,27). The quantitative estimate of drug-likeness (QED) is 0.766. The molecule has 0 saturated carbocycles. The number of pyridine rings is 1. The van der Waals surface area contributed by atoms with E-state index >= 15 is 0 Å². The van der Waals surface area contributed by atoms with Crippen molar-refractivity contribution in [1.82, 2.24) is 24.9 Å². The van der Waals surface area contributed by atoms with E-state index in [2.05, 4.69) is 31.5 Å². The number of carbonyl (C=O) groups is 1. The van der Waals surface area contributed by atoms with Crippen molar-refractivity contribution < 1.29 is 4.79 Å². The predicted octanol–water partition coefficient (Wildman–Crippen LogP) is 1.79. The number of anilines is 1. The summed E-state index contributed by atoms with van der Waals surface area (Å²) in [5.41, 5.74) is 4.67. The van der Waals surface area contributed by atoms with Gasteiger partial charge in [0.1, 0.15) is 11.3 Å². The second-order valence-corrected chi connectivity index (χ2v) is 7.48. The normalized spacial score (nSPS) is 16.4. The highest BCUT2D eigenvalue weighted by molar-refractivity contribution is 5.94. The molecule has 7 heteroatoms. The van der Waals surface area contributed by atoms with Crippen molar-refractivity contribution in [2.45, 2.75) is 26.2 Å². The van der Waals surface area contributed by atoms with Crippen LogP contribution in [0.4, 0.5) is 5.82 Å². The Morgan fingerprint density at radius 2 is 2.15 bits per heavy atom. The first-order chi connectivity index (χ1) is 13.2. The summed E-state index contributed by atoms with van der Waals surface area (Å²) in [7, 11) is 0. The minimum atomic E-state index is -0.0676. The molecule has 4 heterocycles. The summed E-state index contributed by atoms with van der Waals surface area (Å²) in [6.07, 6.45) is 5.23. The van der Waals surface area contributed by atoms with Gasteiger partial charge in [0.25, 0.3) is 5.91 Å². The van der Waals surface area contributed by atoms with Crippen LogP contribution in [-0.2, 0) is 12.8 Å². The van der Waals surface area contributed by atoms with Crippen LogP contribution >= 0.6 is 0 Å². The Balaban J connectivity index is 1.20. The molecule has 5 rings (SSSR count). The Morgan fingerprint density at radius 1 is 1.26 bits per heavy atom. The number of nitrogens with one attached hydrogen (secondary N) is 1.